The molecular weight excluding hydrogens is 356 g/mol. The molecular formula is C23H42O5. The molecule has 28 heavy (non-hydrogen) atoms. The molecule has 0 aromatic heterocycles. The van der Waals surface area contributed by atoms with Gasteiger partial charge >= 0.3 is 11.9 Å². The molecule has 1 atom stereocenters. The van der Waals surface area contributed by atoms with Gasteiger partial charge in [0, 0.05) is 6.42 Å². The zero-order chi connectivity index (χ0) is 21.4. The first-order valence-corrected chi connectivity index (χ1v) is 11.0. The molecule has 0 radical (unpaired) electrons. The molecule has 0 saturated carbocycles. The number of carbonyl (C=O) groups excluding carboxylic acids is 3. The van der Waals surface area contributed by atoms with Gasteiger partial charge in [-0.25, -0.2) is 0 Å². The van der Waals surface area contributed by atoms with Gasteiger partial charge in [0.25, 0.3) is 0 Å². The van der Waals surface area contributed by atoms with Crippen LogP contribution in [-0.2, 0) is 23.9 Å². The van der Waals surface area contributed by atoms with Crippen molar-refractivity contribution in [3.8, 4) is 0 Å². The van der Waals surface area contributed by atoms with E-state index in [1.807, 2.05) is 27.7 Å². The topological polar surface area (TPSA) is 69.7 Å². The van der Waals surface area contributed by atoms with E-state index in [9.17, 15) is 14.4 Å². The average molecular weight is 399 g/mol. The number of ketones is 1. The summed E-state index contributed by atoms with van der Waals surface area (Å²) in [6, 6.07) is 0. The van der Waals surface area contributed by atoms with Crippen molar-refractivity contribution in [3.63, 3.8) is 0 Å². The summed E-state index contributed by atoms with van der Waals surface area (Å²) < 4.78 is 10.6. The third-order valence-electron chi connectivity index (χ3n) is 4.46. The van der Waals surface area contributed by atoms with E-state index in [1.54, 1.807) is 6.92 Å². The summed E-state index contributed by atoms with van der Waals surface area (Å²) in [5.41, 5.74) is 0. The first kappa shape index (κ1) is 26.6. The highest BCUT2D eigenvalue weighted by Gasteiger charge is 2.24. The van der Waals surface area contributed by atoms with Gasteiger partial charge in [-0.3, -0.25) is 9.59 Å². The zero-order valence-electron chi connectivity index (χ0n) is 18.8. The molecule has 0 aromatic rings. The molecule has 5 nitrogen and oxygen atoms in total. The van der Waals surface area contributed by atoms with Crippen molar-refractivity contribution in [2.45, 2.75) is 98.8 Å². The minimum Gasteiger partial charge on any atom is -0.465 e. The summed E-state index contributed by atoms with van der Waals surface area (Å²) in [6.45, 7) is 10.4. The lowest BCUT2D eigenvalue weighted by Crippen LogP contribution is -2.24. The van der Waals surface area contributed by atoms with Gasteiger partial charge in [0.2, 0.25) is 0 Å². The SMILES string of the molecule is CC(=O)CCCCCCCCCC(CC(=O)OCC(C)C)C(=O)OCC(C)C. The third kappa shape index (κ3) is 16.8. The number of unbranched alkanes of at least 4 members (excludes halogenated alkanes) is 6. The van der Waals surface area contributed by atoms with Gasteiger partial charge in [-0.2, -0.15) is 0 Å². The Bertz CT molecular complexity index is 442. The largest absolute Gasteiger partial charge is 0.465 e. The smallest absolute Gasteiger partial charge is 0.309 e. The summed E-state index contributed by atoms with van der Waals surface area (Å²) in [6.07, 6.45) is 8.91. The predicted octanol–water partition coefficient (Wildman–Crippen LogP) is 5.49. The Hall–Kier alpha value is -1.39. The summed E-state index contributed by atoms with van der Waals surface area (Å²) >= 11 is 0. The van der Waals surface area contributed by atoms with Crippen LogP contribution >= 0.6 is 0 Å². The Morgan fingerprint density at radius 3 is 1.75 bits per heavy atom. The highest BCUT2D eigenvalue weighted by Crippen LogP contribution is 2.19. The normalized spacial score (nSPS) is 12.2. The molecule has 0 saturated heterocycles. The second-order valence-corrected chi connectivity index (χ2v) is 8.72. The van der Waals surface area contributed by atoms with Crippen LogP contribution in [0.15, 0.2) is 0 Å². The second kappa shape index (κ2) is 16.6. The van der Waals surface area contributed by atoms with E-state index in [1.165, 1.54) is 0 Å². The quantitative estimate of drug-likeness (QED) is 0.239. The summed E-state index contributed by atoms with van der Waals surface area (Å²) in [7, 11) is 0. The van der Waals surface area contributed by atoms with Crippen LogP contribution in [0.1, 0.15) is 98.8 Å². The molecule has 0 spiro atoms. The van der Waals surface area contributed by atoms with Crippen molar-refractivity contribution in [2.75, 3.05) is 13.2 Å². The van der Waals surface area contributed by atoms with Crippen LogP contribution in [0.5, 0.6) is 0 Å². The first-order valence-electron chi connectivity index (χ1n) is 11.0. The van der Waals surface area contributed by atoms with E-state index in [0.29, 0.717) is 26.1 Å². The maximum Gasteiger partial charge on any atom is 0.309 e. The fraction of sp³-hybridized carbons (Fsp3) is 0.870. The zero-order valence-corrected chi connectivity index (χ0v) is 18.8. The lowest BCUT2D eigenvalue weighted by molar-refractivity contribution is -0.156. The molecule has 1 unspecified atom stereocenters. The van der Waals surface area contributed by atoms with Crippen molar-refractivity contribution in [1.29, 1.82) is 0 Å². The Labute approximate surface area is 171 Å². The molecule has 0 aliphatic carbocycles. The summed E-state index contributed by atoms with van der Waals surface area (Å²) in [5, 5.41) is 0. The number of carbonyl (C=O) groups is 3. The predicted molar refractivity (Wildman–Crippen MR) is 112 cm³/mol. The van der Waals surface area contributed by atoms with Crippen molar-refractivity contribution < 1.29 is 23.9 Å². The maximum atomic E-state index is 12.4. The van der Waals surface area contributed by atoms with Gasteiger partial charge in [-0.1, -0.05) is 66.2 Å². The second-order valence-electron chi connectivity index (χ2n) is 8.72. The fourth-order valence-corrected chi connectivity index (χ4v) is 2.84. The van der Waals surface area contributed by atoms with Crippen LogP contribution in [-0.4, -0.2) is 30.9 Å². The highest BCUT2D eigenvalue weighted by molar-refractivity contribution is 5.80. The Kier molecular flexibility index (Phi) is 15.7. The first-order chi connectivity index (χ1) is 13.2. The van der Waals surface area contributed by atoms with Crippen molar-refractivity contribution >= 4 is 17.7 Å². The van der Waals surface area contributed by atoms with E-state index in [0.717, 1.165) is 44.9 Å². The molecule has 0 rings (SSSR count). The number of rotatable bonds is 17. The Balaban J connectivity index is 4.17. The van der Waals surface area contributed by atoms with Crippen molar-refractivity contribution in [1.82, 2.24) is 0 Å². The number of esters is 2. The minimum atomic E-state index is -0.408. The Morgan fingerprint density at radius 2 is 1.21 bits per heavy atom. The van der Waals surface area contributed by atoms with E-state index >= 15 is 0 Å². The van der Waals surface area contributed by atoms with Crippen molar-refractivity contribution in [3.05, 3.63) is 0 Å². The van der Waals surface area contributed by atoms with Gasteiger partial charge < -0.3 is 14.3 Å². The molecule has 5 heteroatoms. The van der Waals surface area contributed by atoms with Crippen molar-refractivity contribution in [2.24, 2.45) is 17.8 Å². The molecule has 0 aromatic carbocycles. The fourth-order valence-electron chi connectivity index (χ4n) is 2.84. The number of ether oxygens (including phenoxy) is 2. The third-order valence-corrected chi connectivity index (χ3v) is 4.46. The van der Waals surface area contributed by atoms with E-state index in [2.05, 4.69) is 0 Å². The average Bonchev–Trinajstić information content (AvgIpc) is 2.61. The molecule has 0 aliphatic rings. The van der Waals surface area contributed by atoms with E-state index < -0.39 is 5.92 Å². The lowest BCUT2D eigenvalue weighted by atomic mass is 9.97. The van der Waals surface area contributed by atoms with Gasteiger partial charge in [-0.05, 0) is 31.6 Å². The molecule has 0 bridgehead atoms. The van der Waals surface area contributed by atoms with Gasteiger partial charge in [0.05, 0.1) is 25.6 Å². The van der Waals surface area contributed by atoms with Gasteiger partial charge in [0.15, 0.2) is 0 Å². The monoisotopic (exact) mass is 398 g/mol. The van der Waals surface area contributed by atoms with Crippen LogP contribution in [0, 0.1) is 17.8 Å². The van der Waals surface area contributed by atoms with Crippen LogP contribution < -0.4 is 0 Å². The van der Waals surface area contributed by atoms with Crippen LogP contribution in [0.2, 0.25) is 0 Å². The van der Waals surface area contributed by atoms with Gasteiger partial charge in [-0.15, -0.1) is 0 Å². The lowest BCUT2D eigenvalue weighted by Gasteiger charge is -2.17. The van der Waals surface area contributed by atoms with E-state index in [4.69, 9.17) is 9.47 Å². The van der Waals surface area contributed by atoms with Crippen LogP contribution in [0.4, 0.5) is 0 Å². The summed E-state index contributed by atoms with van der Waals surface area (Å²) in [5.74, 6) is -0.173. The number of hydrogen-bond donors (Lipinski definition) is 0. The van der Waals surface area contributed by atoms with Crippen LogP contribution in [0.3, 0.4) is 0 Å². The standard InChI is InChI=1S/C23H42O5/c1-18(2)16-27-22(25)15-21(23(26)28-17-19(3)4)14-12-10-8-6-7-9-11-13-20(5)24/h18-19,21H,6-17H2,1-5H3. The minimum absolute atomic E-state index is 0.106. The van der Waals surface area contributed by atoms with Gasteiger partial charge in [0.1, 0.15) is 5.78 Å². The van der Waals surface area contributed by atoms with E-state index in [-0.39, 0.29) is 36.0 Å². The molecule has 0 fully saturated rings. The molecule has 0 N–H and O–H groups in total. The molecule has 0 heterocycles. The molecule has 164 valence electrons. The molecule has 0 aliphatic heterocycles. The molecule has 0 amide bonds. The maximum absolute atomic E-state index is 12.4. The summed E-state index contributed by atoms with van der Waals surface area (Å²) in [4.78, 5) is 35.3. The Morgan fingerprint density at radius 1 is 0.714 bits per heavy atom. The number of hydrogen-bond acceptors (Lipinski definition) is 5. The van der Waals surface area contributed by atoms with Crippen LogP contribution in [0.25, 0.3) is 0 Å². The number of Topliss-reactive ketones (excluding diaryl/α,β-unsaturated/α-hetero) is 1. The highest BCUT2D eigenvalue weighted by atomic mass is 16.5.